The maximum atomic E-state index is 12.5. The molecule has 1 aromatic heterocycles. The van der Waals surface area contributed by atoms with Gasteiger partial charge in [0.1, 0.15) is 0 Å². The van der Waals surface area contributed by atoms with Crippen LogP contribution in [-0.2, 0) is 9.53 Å². The second-order valence-corrected chi connectivity index (χ2v) is 5.31. The van der Waals surface area contributed by atoms with E-state index in [0.29, 0.717) is 19.3 Å². The van der Waals surface area contributed by atoms with Crippen LogP contribution in [0.4, 0.5) is 0 Å². The van der Waals surface area contributed by atoms with Crippen LogP contribution in [0.3, 0.4) is 0 Å². The van der Waals surface area contributed by atoms with E-state index in [1.54, 1.807) is 0 Å². The van der Waals surface area contributed by atoms with Crippen molar-refractivity contribution in [3.8, 4) is 0 Å². The van der Waals surface area contributed by atoms with Crippen LogP contribution in [-0.4, -0.2) is 54.8 Å². The summed E-state index contributed by atoms with van der Waals surface area (Å²) in [7, 11) is 0. The molecule has 0 radical (unpaired) electrons. The highest BCUT2D eigenvalue weighted by molar-refractivity contribution is 5.79. The van der Waals surface area contributed by atoms with Crippen LogP contribution in [0.25, 0.3) is 0 Å². The van der Waals surface area contributed by atoms with E-state index >= 15 is 0 Å². The summed E-state index contributed by atoms with van der Waals surface area (Å²) < 4.78 is 7.50. The number of hydrogen-bond donors (Lipinski definition) is 1. The van der Waals surface area contributed by atoms with Crippen molar-refractivity contribution in [1.82, 2.24) is 14.8 Å². The zero-order valence-corrected chi connectivity index (χ0v) is 11.1. The number of hydrogen-bond acceptors (Lipinski definition) is 3. The molecule has 1 amide bonds. The Morgan fingerprint density at radius 3 is 2.63 bits per heavy atom. The number of piperidine rings is 1. The predicted molar refractivity (Wildman–Crippen MR) is 71.8 cm³/mol. The highest BCUT2D eigenvalue weighted by Crippen LogP contribution is 2.23. The molecule has 1 aromatic rings. The lowest BCUT2D eigenvalue weighted by Crippen LogP contribution is -2.49. The molecule has 2 atom stereocenters. The standard InChI is InChI=1S/C14H21N3O2/c18-14(17-5-7-19-8-6-17)12-9-13(11-15-10-12)16-3-1-2-4-16/h1-4,12-13,15H,5-11H2/t12-,13+/m1/s1. The molecule has 0 saturated carbocycles. The number of morpholine rings is 1. The molecule has 3 rings (SSSR count). The van der Waals surface area contributed by atoms with Crippen molar-refractivity contribution < 1.29 is 9.53 Å². The van der Waals surface area contributed by atoms with E-state index in [1.807, 2.05) is 17.0 Å². The average molecular weight is 263 g/mol. The first-order valence-electron chi connectivity index (χ1n) is 7.04. The normalized spacial score (nSPS) is 28.3. The molecule has 5 nitrogen and oxygen atoms in total. The van der Waals surface area contributed by atoms with Gasteiger partial charge < -0.3 is 19.5 Å². The van der Waals surface area contributed by atoms with Gasteiger partial charge in [0.05, 0.1) is 19.1 Å². The summed E-state index contributed by atoms with van der Waals surface area (Å²) in [6.07, 6.45) is 5.08. The van der Waals surface area contributed by atoms with Crippen molar-refractivity contribution in [2.24, 2.45) is 5.92 Å². The molecule has 0 bridgehead atoms. The van der Waals surface area contributed by atoms with Gasteiger partial charge in [-0.2, -0.15) is 0 Å². The Bertz CT molecular complexity index is 412. The first kappa shape index (κ1) is 12.7. The van der Waals surface area contributed by atoms with Crippen molar-refractivity contribution >= 4 is 5.91 Å². The number of amides is 1. The molecular formula is C14H21N3O2. The minimum Gasteiger partial charge on any atom is -0.378 e. The fourth-order valence-electron chi connectivity index (χ4n) is 2.97. The SMILES string of the molecule is O=C([C@H]1CNC[C@@H](n2cccc2)C1)N1CCOCC1. The van der Waals surface area contributed by atoms with Crippen molar-refractivity contribution in [1.29, 1.82) is 0 Å². The Balaban J connectivity index is 1.62. The zero-order chi connectivity index (χ0) is 13.1. The molecule has 0 aliphatic carbocycles. The monoisotopic (exact) mass is 263 g/mol. The number of aromatic nitrogens is 1. The molecule has 2 aliphatic rings. The van der Waals surface area contributed by atoms with Crippen molar-refractivity contribution in [3.05, 3.63) is 24.5 Å². The zero-order valence-electron chi connectivity index (χ0n) is 11.1. The van der Waals surface area contributed by atoms with E-state index in [0.717, 1.165) is 32.6 Å². The van der Waals surface area contributed by atoms with Crippen molar-refractivity contribution in [2.75, 3.05) is 39.4 Å². The highest BCUT2D eigenvalue weighted by Gasteiger charge is 2.31. The summed E-state index contributed by atoms with van der Waals surface area (Å²) >= 11 is 0. The summed E-state index contributed by atoms with van der Waals surface area (Å²) in [6, 6.07) is 4.46. The molecule has 2 fully saturated rings. The Morgan fingerprint density at radius 1 is 1.16 bits per heavy atom. The van der Waals surface area contributed by atoms with Gasteiger partial charge in [0.15, 0.2) is 0 Å². The number of rotatable bonds is 2. The number of nitrogens with one attached hydrogen (secondary N) is 1. The minimum atomic E-state index is 0.0965. The molecule has 2 saturated heterocycles. The molecular weight excluding hydrogens is 242 g/mol. The van der Waals surface area contributed by atoms with Crippen LogP contribution in [0.15, 0.2) is 24.5 Å². The Hall–Kier alpha value is -1.33. The number of nitrogens with zero attached hydrogens (tertiary/aromatic N) is 2. The highest BCUT2D eigenvalue weighted by atomic mass is 16.5. The molecule has 2 aliphatic heterocycles. The van der Waals surface area contributed by atoms with E-state index in [9.17, 15) is 4.79 Å². The van der Waals surface area contributed by atoms with Crippen LogP contribution in [0, 0.1) is 5.92 Å². The van der Waals surface area contributed by atoms with Crippen LogP contribution in [0.5, 0.6) is 0 Å². The Morgan fingerprint density at radius 2 is 1.89 bits per heavy atom. The van der Waals surface area contributed by atoms with Crippen LogP contribution >= 0.6 is 0 Å². The van der Waals surface area contributed by atoms with Crippen LogP contribution in [0.1, 0.15) is 12.5 Å². The second-order valence-electron chi connectivity index (χ2n) is 5.31. The van der Waals surface area contributed by atoms with Gasteiger partial charge in [0.2, 0.25) is 5.91 Å². The van der Waals surface area contributed by atoms with Crippen molar-refractivity contribution in [3.63, 3.8) is 0 Å². The van der Waals surface area contributed by atoms with Crippen molar-refractivity contribution in [2.45, 2.75) is 12.5 Å². The van der Waals surface area contributed by atoms with E-state index in [-0.39, 0.29) is 11.8 Å². The van der Waals surface area contributed by atoms with Gasteiger partial charge in [0, 0.05) is 44.6 Å². The van der Waals surface area contributed by atoms with Gasteiger partial charge in [-0.25, -0.2) is 0 Å². The lowest BCUT2D eigenvalue weighted by Gasteiger charge is -2.35. The Labute approximate surface area is 113 Å². The number of carbonyl (C=O) groups excluding carboxylic acids is 1. The maximum absolute atomic E-state index is 12.5. The van der Waals surface area contributed by atoms with Crippen LogP contribution in [0.2, 0.25) is 0 Å². The first-order chi connectivity index (χ1) is 9.34. The van der Waals surface area contributed by atoms with Gasteiger partial charge in [0.25, 0.3) is 0 Å². The summed E-state index contributed by atoms with van der Waals surface area (Å²) in [4.78, 5) is 14.4. The first-order valence-corrected chi connectivity index (χ1v) is 7.04. The summed E-state index contributed by atoms with van der Waals surface area (Å²) in [5, 5.41) is 3.39. The van der Waals surface area contributed by atoms with Gasteiger partial charge >= 0.3 is 0 Å². The molecule has 0 spiro atoms. The summed E-state index contributed by atoms with van der Waals surface area (Å²) in [6.45, 7) is 4.57. The number of ether oxygens (including phenoxy) is 1. The molecule has 104 valence electrons. The number of carbonyl (C=O) groups is 1. The van der Waals surface area contributed by atoms with E-state index < -0.39 is 0 Å². The third-order valence-electron chi connectivity index (χ3n) is 4.05. The molecule has 3 heterocycles. The van der Waals surface area contributed by atoms with Gasteiger partial charge in [-0.15, -0.1) is 0 Å². The molecule has 1 N–H and O–H groups in total. The third kappa shape index (κ3) is 2.82. The predicted octanol–water partition coefficient (Wildman–Crippen LogP) is 0.497. The average Bonchev–Trinajstić information content (AvgIpc) is 3.02. The molecule has 0 aromatic carbocycles. The third-order valence-corrected chi connectivity index (χ3v) is 4.05. The van der Waals surface area contributed by atoms with E-state index in [2.05, 4.69) is 22.3 Å². The molecule has 5 heteroatoms. The fraction of sp³-hybridized carbons (Fsp3) is 0.643. The summed E-state index contributed by atoms with van der Waals surface area (Å²) in [5.74, 6) is 0.381. The van der Waals surface area contributed by atoms with Crippen LogP contribution < -0.4 is 5.32 Å². The van der Waals surface area contributed by atoms with E-state index in [1.165, 1.54) is 0 Å². The van der Waals surface area contributed by atoms with Gasteiger partial charge in [-0.3, -0.25) is 4.79 Å². The Kier molecular flexibility index (Phi) is 3.84. The molecule has 0 unspecified atom stereocenters. The lowest BCUT2D eigenvalue weighted by atomic mass is 9.94. The fourth-order valence-corrected chi connectivity index (χ4v) is 2.97. The minimum absolute atomic E-state index is 0.0965. The largest absolute Gasteiger partial charge is 0.378 e. The lowest BCUT2D eigenvalue weighted by molar-refractivity contribution is -0.140. The maximum Gasteiger partial charge on any atom is 0.227 e. The second kappa shape index (κ2) is 5.75. The smallest absolute Gasteiger partial charge is 0.227 e. The van der Waals surface area contributed by atoms with E-state index in [4.69, 9.17) is 4.74 Å². The topological polar surface area (TPSA) is 46.5 Å². The van der Waals surface area contributed by atoms with Gasteiger partial charge in [-0.1, -0.05) is 0 Å². The summed E-state index contributed by atoms with van der Waals surface area (Å²) in [5.41, 5.74) is 0. The molecule has 19 heavy (non-hydrogen) atoms. The quantitative estimate of drug-likeness (QED) is 0.845. The van der Waals surface area contributed by atoms with Gasteiger partial charge in [-0.05, 0) is 18.6 Å².